The molecule has 1 aliphatic heterocycles. The molecule has 1 aliphatic carbocycles. The Bertz CT molecular complexity index is 669. The number of hydrogen-bond acceptors (Lipinski definition) is 3. The van der Waals surface area contributed by atoms with Gasteiger partial charge >= 0.3 is 0 Å². The summed E-state index contributed by atoms with van der Waals surface area (Å²) >= 11 is 11.8. The molecule has 0 unspecified atom stereocenters. The maximum Gasteiger partial charge on any atom is 0.255 e. The van der Waals surface area contributed by atoms with Crippen LogP contribution in [0.15, 0.2) is 12.1 Å². The van der Waals surface area contributed by atoms with E-state index in [1.807, 2.05) is 4.90 Å². The second kappa shape index (κ2) is 7.83. The number of rotatable bonds is 4. The summed E-state index contributed by atoms with van der Waals surface area (Å²) in [6, 6.07) is 2.76. The molecule has 2 fully saturated rings. The first-order valence-corrected chi connectivity index (χ1v) is 9.46. The standard InChI is InChI=1S/C18H22Cl2N2O3/c19-12-9-14(17(24)15(20)10-12)18(25)21-13-4-6-22(7-5-13)16(23)8-11-2-1-3-11/h9-11,13,24H,1-8H2,(H,21,25). The molecular formula is C18H22Cl2N2O3. The fourth-order valence-corrected chi connectivity index (χ4v) is 3.84. The van der Waals surface area contributed by atoms with Crippen LogP contribution in [0.3, 0.4) is 0 Å². The molecule has 0 spiro atoms. The number of hydrogen-bond donors (Lipinski definition) is 2. The SMILES string of the molecule is O=C(NC1CCN(C(=O)CC2CCC2)CC1)c1cc(Cl)cc(Cl)c1O. The number of phenolic OH excluding ortho intramolecular Hbond substituents is 1. The van der Waals surface area contributed by atoms with Gasteiger partial charge in [0.15, 0.2) is 0 Å². The topological polar surface area (TPSA) is 69.6 Å². The third kappa shape index (κ3) is 4.39. The molecule has 25 heavy (non-hydrogen) atoms. The second-order valence-corrected chi connectivity index (χ2v) is 7.76. The smallest absolute Gasteiger partial charge is 0.255 e. The highest BCUT2D eigenvalue weighted by Crippen LogP contribution is 2.32. The Hall–Kier alpha value is -1.46. The van der Waals surface area contributed by atoms with E-state index < -0.39 is 5.91 Å². The van der Waals surface area contributed by atoms with Crippen molar-refractivity contribution in [3.63, 3.8) is 0 Å². The Labute approximate surface area is 157 Å². The van der Waals surface area contributed by atoms with E-state index in [2.05, 4.69) is 5.32 Å². The van der Waals surface area contributed by atoms with E-state index in [9.17, 15) is 14.7 Å². The number of benzene rings is 1. The summed E-state index contributed by atoms with van der Waals surface area (Å²) in [5, 5.41) is 13.2. The van der Waals surface area contributed by atoms with Crippen LogP contribution in [0.5, 0.6) is 5.75 Å². The largest absolute Gasteiger partial charge is 0.506 e. The predicted molar refractivity (Wildman–Crippen MR) is 97.2 cm³/mol. The number of halogens is 2. The van der Waals surface area contributed by atoms with Gasteiger partial charge < -0.3 is 15.3 Å². The number of carbonyl (C=O) groups is 2. The normalized spacial score (nSPS) is 18.7. The number of nitrogens with zero attached hydrogens (tertiary/aromatic N) is 1. The molecule has 0 bridgehead atoms. The summed E-state index contributed by atoms with van der Waals surface area (Å²) in [5.41, 5.74) is 0.0704. The number of aromatic hydroxyl groups is 1. The molecule has 2 N–H and O–H groups in total. The van der Waals surface area contributed by atoms with Crippen molar-refractivity contribution in [2.45, 2.75) is 44.6 Å². The molecule has 1 saturated heterocycles. The van der Waals surface area contributed by atoms with Crippen molar-refractivity contribution in [2.24, 2.45) is 5.92 Å². The minimum atomic E-state index is -0.402. The third-order valence-corrected chi connectivity index (χ3v) is 5.65. The number of amides is 2. The molecular weight excluding hydrogens is 363 g/mol. The first kappa shape index (κ1) is 18.3. The number of nitrogens with one attached hydrogen (secondary N) is 1. The quantitative estimate of drug-likeness (QED) is 0.832. The highest BCUT2D eigenvalue weighted by molar-refractivity contribution is 6.36. The molecule has 5 nitrogen and oxygen atoms in total. The average molecular weight is 385 g/mol. The minimum Gasteiger partial charge on any atom is -0.506 e. The maximum atomic E-state index is 12.4. The number of phenols is 1. The molecule has 3 rings (SSSR count). The molecule has 0 atom stereocenters. The lowest BCUT2D eigenvalue weighted by atomic mass is 9.82. The van der Waals surface area contributed by atoms with Crippen molar-refractivity contribution in [1.82, 2.24) is 10.2 Å². The summed E-state index contributed by atoms with van der Waals surface area (Å²) in [6.45, 7) is 1.30. The van der Waals surface area contributed by atoms with Gasteiger partial charge in [0.1, 0.15) is 5.75 Å². The molecule has 2 aliphatic rings. The van der Waals surface area contributed by atoms with Crippen LogP contribution in [-0.4, -0.2) is 41.0 Å². The van der Waals surface area contributed by atoms with Crippen molar-refractivity contribution in [3.8, 4) is 5.75 Å². The van der Waals surface area contributed by atoms with Crippen molar-refractivity contribution >= 4 is 35.0 Å². The number of likely N-dealkylation sites (tertiary alicyclic amines) is 1. The van der Waals surface area contributed by atoms with Gasteiger partial charge in [-0.15, -0.1) is 0 Å². The summed E-state index contributed by atoms with van der Waals surface area (Å²) in [7, 11) is 0. The van der Waals surface area contributed by atoms with E-state index in [-0.39, 0.29) is 28.3 Å². The summed E-state index contributed by atoms with van der Waals surface area (Å²) in [6.07, 6.45) is 5.65. The van der Waals surface area contributed by atoms with E-state index in [0.717, 1.165) is 0 Å². The second-order valence-electron chi connectivity index (χ2n) is 6.91. The highest BCUT2D eigenvalue weighted by atomic mass is 35.5. The lowest BCUT2D eigenvalue weighted by Crippen LogP contribution is -2.47. The average Bonchev–Trinajstić information content (AvgIpc) is 2.54. The zero-order chi connectivity index (χ0) is 18.0. The monoisotopic (exact) mass is 384 g/mol. The van der Waals surface area contributed by atoms with E-state index in [1.54, 1.807) is 0 Å². The lowest BCUT2D eigenvalue weighted by Gasteiger charge is -2.34. The van der Waals surface area contributed by atoms with Gasteiger partial charge in [-0.25, -0.2) is 0 Å². The van der Waals surface area contributed by atoms with Crippen molar-refractivity contribution in [2.75, 3.05) is 13.1 Å². The highest BCUT2D eigenvalue weighted by Gasteiger charge is 2.28. The fraction of sp³-hybridized carbons (Fsp3) is 0.556. The molecule has 1 heterocycles. The summed E-state index contributed by atoms with van der Waals surface area (Å²) in [5.74, 6) is 0.132. The van der Waals surface area contributed by atoms with Gasteiger partial charge in [0.25, 0.3) is 5.91 Å². The van der Waals surface area contributed by atoms with E-state index in [0.29, 0.717) is 43.3 Å². The molecule has 7 heteroatoms. The molecule has 136 valence electrons. The van der Waals surface area contributed by atoms with Gasteiger partial charge in [-0.2, -0.15) is 0 Å². The first-order valence-electron chi connectivity index (χ1n) is 8.70. The lowest BCUT2D eigenvalue weighted by molar-refractivity contribution is -0.133. The Kier molecular flexibility index (Phi) is 5.74. The van der Waals surface area contributed by atoms with Gasteiger partial charge in [0, 0.05) is 30.6 Å². The van der Waals surface area contributed by atoms with Crippen LogP contribution in [0, 0.1) is 5.92 Å². The van der Waals surface area contributed by atoms with Crippen molar-refractivity contribution in [3.05, 3.63) is 27.7 Å². The van der Waals surface area contributed by atoms with E-state index in [1.165, 1.54) is 31.4 Å². The third-order valence-electron chi connectivity index (χ3n) is 5.14. The number of carbonyl (C=O) groups excluding carboxylic acids is 2. The number of piperidine rings is 1. The summed E-state index contributed by atoms with van der Waals surface area (Å²) < 4.78 is 0. The van der Waals surface area contributed by atoms with Gasteiger partial charge in [0.2, 0.25) is 5.91 Å². The maximum absolute atomic E-state index is 12.4. The van der Waals surface area contributed by atoms with Gasteiger partial charge in [-0.3, -0.25) is 9.59 Å². The zero-order valence-corrected chi connectivity index (χ0v) is 15.4. The van der Waals surface area contributed by atoms with E-state index in [4.69, 9.17) is 23.2 Å². The van der Waals surface area contributed by atoms with Crippen LogP contribution < -0.4 is 5.32 Å². The molecule has 1 saturated carbocycles. The van der Waals surface area contributed by atoms with Crippen molar-refractivity contribution in [1.29, 1.82) is 0 Å². The van der Waals surface area contributed by atoms with Crippen LogP contribution in [0.4, 0.5) is 0 Å². The van der Waals surface area contributed by atoms with Gasteiger partial charge in [-0.1, -0.05) is 29.6 Å². The van der Waals surface area contributed by atoms with Gasteiger partial charge in [-0.05, 0) is 43.7 Å². The molecule has 0 radical (unpaired) electrons. The van der Waals surface area contributed by atoms with Crippen LogP contribution in [0.25, 0.3) is 0 Å². The van der Waals surface area contributed by atoms with Crippen LogP contribution in [-0.2, 0) is 4.79 Å². The predicted octanol–water partition coefficient (Wildman–Crippen LogP) is 3.61. The Morgan fingerprint density at radius 1 is 1.16 bits per heavy atom. The van der Waals surface area contributed by atoms with Crippen LogP contribution in [0.2, 0.25) is 10.0 Å². The Morgan fingerprint density at radius 3 is 2.44 bits per heavy atom. The molecule has 0 aromatic heterocycles. The van der Waals surface area contributed by atoms with Crippen LogP contribution in [0.1, 0.15) is 48.9 Å². The van der Waals surface area contributed by atoms with Crippen molar-refractivity contribution < 1.29 is 14.7 Å². The first-order chi connectivity index (χ1) is 11.9. The fourth-order valence-electron chi connectivity index (χ4n) is 3.35. The van der Waals surface area contributed by atoms with E-state index >= 15 is 0 Å². The Balaban J connectivity index is 1.52. The molecule has 1 aromatic rings. The zero-order valence-electron chi connectivity index (χ0n) is 13.9. The molecule has 2 amide bonds. The minimum absolute atomic E-state index is 0.0302. The van der Waals surface area contributed by atoms with Crippen LogP contribution >= 0.6 is 23.2 Å². The summed E-state index contributed by atoms with van der Waals surface area (Å²) in [4.78, 5) is 26.5. The molecule has 1 aromatic carbocycles. The Morgan fingerprint density at radius 2 is 1.84 bits per heavy atom. The van der Waals surface area contributed by atoms with Gasteiger partial charge in [0.05, 0.1) is 10.6 Å².